The number of β-amino-alcohol motifs (C(OH)–C–C–N with tert-alkyl or cyclic N) is 1. The minimum Gasteiger partial charge on any atom is -0.493 e. The number of hydrogen-bond donors (Lipinski definition) is 2. The number of aliphatic hydroxyl groups is 2. The van der Waals surface area contributed by atoms with Gasteiger partial charge in [0.2, 0.25) is 0 Å². The number of aliphatic hydroxyl groups excluding tert-OH is 1. The highest BCUT2D eigenvalue weighted by Gasteiger charge is 2.35. The Morgan fingerprint density at radius 2 is 2.26 bits per heavy atom. The fourth-order valence-corrected chi connectivity index (χ4v) is 2.67. The second-order valence-electron chi connectivity index (χ2n) is 5.68. The van der Waals surface area contributed by atoms with E-state index in [-0.39, 0.29) is 19.1 Å². The Labute approximate surface area is 135 Å². The van der Waals surface area contributed by atoms with E-state index in [1.165, 1.54) is 7.11 Å². The minimum atomic E-state index is -1.22. The van der Waals surface area contributed by atoms with E-state index in [0.29, 0.717) is 43.1 Å². The van der Waals surface area contributed by atoms with E-state index in [1.807, 2.05) is 0 Å². The van der Waals surface area contributed by atoms with Crippen molar-refractivity contribution in [2.75, 3.05) is 33.4 Å². The fourth-order valence-electron chi connectivity index (χ4n) is 2.67. The van der Waals surface area contributed by atoms with Crippen molar-refractivity contribution in [2.24, 2.45) is 0 Å². The molecule has 126 valence electrons. The SMILES string of the molecule is C=CCOc1ccc(C(=O)N2CCCC(O)(CO)C2)cc1OC. The number of likely N-dealkylation sites (tertiary alicyclic amines) is 1. The van der Waals surface area contributed by atoms with Gasteiger partial charge in [0.05, 0.1) is 20.3 Å². The second-order valence-corrected chi connectivity index (χ2v) is 5.68. The summed E-state index contributed by atoms with van der Waals surface area (Å²) in [6, 6.07) is 4.96. The first kappa shape index (κ1) is 17.3. The standard InChI is InChI=1S/C17H23NO5/c1-3-9-23-14-6-5-13(10-15(14)22-2)16(20)18-8-4-7-17(21,11-18)12-19/h3,5-6,10,19,21H,1,4,7-9,11-12H2,2H3. The third-order valence-corrected chi connectivity index (χ3v) is 3.90. The van der Waals surface area contributed by atoms with E-state index < -0.39 is 5.60 Å². The smallest absolute Gasteiger partial charge is 0.254 e. The van der Waals surface area contributed by atoms with Crippen molar-refractivity contribution in [3.05, 3.63) is 36.4 Å². The maximum atomic E-state index is 12.6. The maximum absolute atomic E-state index is 12.6. The van der Waals surface area contributed by atoms with Gasteiger partial charge in [-0.15, -0.1) is 0 Å². The van der Waals surface area contributed by atoms with E-state index in [9.17, 15) is 15.0 Å². The molecule has 6 nitrogen and oxygen atoms in total. The molecule has 1 aliphatic heterocycles. The molecule has 23 heavy (non-hydrogen) atoms. The molecule has 6 heteroatoms. The summed E-state index contributed by atoms with van der Waals surface area (Å²) in [6.45, 7) is 4.26. The van der Waals surface area contributed by atoms with Crippen LogP contribution in [0, 0.1) is 0 Å². The topological polar surface area (TPSA) is 79.2 Å². The normalized spacial score (nSPS) is 20.9. The minimum absolute atomic E-state index is 0.124. The highest BCUT2D eigenvalue weighted by Crippen LogP contribution is 2.29. The lowest BCUT2D eigenvalue weighted by molar-refractivity contribution is -0.0598. The molecule has 0 radical (unpaired) electrons. The Balaban J connectivity index is 2.17. The third kappa shape index (κ3) is 4.03. The van der Waals surface area contributed by atoms with Crippen LogP contribution in [0.5, 0.6) is 11.5 Å². The van der Waals surface area contributed by atoms with Gasteiger partial charge < -0.3 is 24.6 Å². The number of piperidine rings is 1. The Morgan fingerprint density at radius 3 is 2.91 bits per heavy atom. The van der Waals surface area contributed by atoms with Crippen molar-refractivity contribution in [1.29, 1.82) is 0 Å². The molecule has 1 unspecified atom stereocenters. The molecular formula is C17H23NO5. The summed E-state index contributed by atoms with van der Waals surface area (Å²) >= 11 is 0. The average molecular weight is 321 g/mol. The van der Waals surface area contributed by atoms with Gasteiger partial charge >= 0.3 is 0 Å². The van der Waals surface area contributed by atoms with Gasteiger partial charge in [-0.2, -0.15) is 0 Å². The lowest BCUT2D eigenvalue weighted by atomic mass is 9.93. The first-order valence-corrected chi connectivity index (χ1v) is 7.57. The van der Waals surface area contributed by atoms with Crippen LogP contribution in [0.15, 0.2) is 30.9 Å². The lowest BCUT2D eigenvalue weighted by Crippen LogP contribution is -2.52. The molecule has 2 N–H and O–H groups in total. The molecule has 0 spiro atoms. The fraction of sp³-hybridized carbons (Fsp3) is 0.471. The highest BCUT2D eigenvalue weighted by molar-refractivity contribution is 5.95. The zero-order valence-corrected chi connectivity index (χ0v) is 13.3. The predicted molar refractivity (Wildman–Crippen MR) is 85.9 cm³/mol. The number of carbonyl (C=O) groups is 1. The van der Waals surface area contributed by atoms with E-state index in [4.69, 9.17) is 9.47 Å². The van der Waals surface area contributed by atoms with Crippen molar-refractivity contribution < 1.29 is 24.5 Å². The van der Waals surface area contributed by atoms with E-state index >= 15 is 0 Å². The van der Waals surface area contributed by atoms with Crippen LogP contribution in [-0.2, 0) is 0 Å². The molecule has 1 atom stereocenters. The molecule has 0 aromatic heterocycles. The molecule has 1 aromatic carbocycles. The zero-order valence-electron chi connectivity index (χ0n) is 13.3. The van der Waals surface area contributed by atoms with Gasteiger partial charge in [0.1, 0.15) is 12.2 Å². The van der Waals surface area contributed by atoms with E-state index in [2.05, 4.69) is 6.58 Å². The molecule has 1 saturated heterocycles. The van der Waals surface area contributed by atoms with Gasteiger partial charge in [0, 0.05) is 12.1 Å². The molecular weight excluding hydrogens is 298 g/mol. The summed E-state index contributed by atoms with van der Waals surface area (Å²) in [5, 5.41) is 19.5. The van der Waals surface area contributed by atoms with Gasteiger partial charge in [0.25, 0.3) is 5.91 Å². The van der Waals surface area contributed by atoms with Gasteiger partial charge in [0.15, 0.2) is 11.5 Å². The van der Waals surface area contributed by atoms with Crippen LogP contribution in [-0.4, -0.2) is 60.0 Å². The molecule has 2 rings (SSSR count). The second kappa shape index (κ2) is 7.48. The summed E-state index contributed by atoms with van der Waals surface area (Å²) in [5.74, 6) is 0.798. The number of ether oxygens (including phenoxy) is 2. The van der Waals surface area contributed by atoms with Crippen LogP contribution >= 0.6 is 0 Å². The number of nitrogens with zero attached hydrogens (tertiary/aromatic N) is 1. The Kier molecular flexibility index (Phi) is 5.63. The molecule has 1 aromatic rings. The van der Waals surface area contributed by atoms with Gasteiger partial charge in [-0.3, -0.25) is 4.79 Å². The van der Waals surface area contributed by atoms with Crippen LogP contribution in [0.2, 0.25) is 0 Å². The van der Waals surface area contributed by atoms with Crippen molar-refractivity contribution in [1.82, 2.24) is 4.90 Å². The number of rotatable bonds is 6. The summed E-state index contributed by atoms with van der Waals surface area (Å²) in [4.78, 5) is 14.2. The highest BCUT2D eigenvalue weighted by atomic mass is 16.5. The van der Waals surface area contributed by atoms with E-state index in [0.717, 1.165) is 0 Å². The Hall–Kier alpha value is -2.05. The van der Waals surface area contributed by atoms with Crippen LogP contribution in [0.1, 0.15) is 23.2 Å². The molecule has 1 fully saturated rings. The molecule has 0 aliphatic carbocycles. The maximum Gasteiger partial charge on any atom is 0.254 e. The van der Waals surface area contributed by atoms with Gasteiger partial charge in [-0.05, 0) is 31.0 Å². The third-order valence-electron chi connectivity index (χ3n) is 3.90. The van der Waals surface area contributed by atoms with Crippen LogP contribution < -0.4 is 9.47 Å². The number of carbonyl (C=O) groups excluding carboxylic acids is 1. The quantitative estimate of drug-likeness (QED) is 0.770. The lowest BCUT2D eigenvalue weighted by Gasteiger charge is -2.38. The Bertz CT molecular complexity index is 574. The molecule has 1 aliphatic rings. The van der Waals surface area contributed by atoms with Crippen molar-refractivity contribution >= 4 is 5.91 Å². The Morgan fingerprint density at radius 1 is 1.48 bits per heavy atom. The van der Waals surface area contributed by atoms with Crippen molar-refractivity contribution in [3.63, 3.8) is 0 Å². The average Bonchev–Trinajstić information content (AvgIpc) is 2.59. The first-order chi connectivity index (χ1) is 11.0. The summed E-state index contributed by atoms with van der Waals surface area (Å²) in [7, 11) is 1.51. The number of benzene rings is 1. The molecule has 0 bridgehead atoms. The number of amides is 1. The van der Waals surface area contributed by atoms with Gasteiger partial charge in [-0.25, -0.2) is 0 Å². The summed E-state index contributed by atoms with van der Waals surface area (Å²) in [6.07, 6.45) is 2.77. The monoisotopic (exact) mass is 321 g/mol. The van der Waals surface area contributed by atoms with Crippen LogP contribution in [0.3, 0.4) is 0 Å². The molecule has 1 heterocycles. The van der Waals surface area contributed by atoms with Gasteiger partial charge in [-0.1, -0.05) is 12.7 Å². The number of hydrogen-bond acceptors (Lipinski definition) is 5. The van der Waals surface area contributed by atoms with Crippen LogP contribution in [0.4, 0.5) is 0 Å². The first-order valence-electron chi connectivity index (χ1n) is 7.57. The summed E-state index contributed by atoms with van der Waals surface area (Å²) < 4.78 is 10.7. The van der Waals surface area contributed by atoms with Crippen molar-refractivity contribution in [2.45, 2.75) is 18.4 Å². The van der Waals surface area contributed by atoms with Crippen LogP contribution in [0.25, 0.3) is 0 Å². The predicted octanol–water partition coefficient (Wildman–Crippen LogP) is 1.22. The zero-order chi connectivity index (χ0) is 16.9. The van der Waals surface area contributed by atoms with Crippen molar-refractivity contribution in [3.8, 4) is 11.5 Å². The summed E-state index contributed by atoms with van der Waals surface area (Å²) in [5.41, 5.74) is -0.764. The molecule has 0 saturated carbocycles. The van der Waals surface area contributed by atoms with E-state index in [1.54, 1.807) is 29.2 Å². The molecule has 1 amide bonds. The largest absolute Gasteiger partial charge is 0.493 e. The number of methoxy groups -OCH3 is 1.